The summed E-state index contributed by atoms with van der Waals surface area (Å²) in [5.41, 5.74) is 3.52. The van der Waals surface area contributed by atoms with Crippen LogP contribution in [-0.2, 0) is 11.3 Å². The quantitative estimate of drug-likeness (QED) is 0.767. The van der Waals surface area contributed by atoms with E-state index in [9.17, 15) is 9.59 Å². The largest absolute Gasteiger partial charge is 0.476 e. The molecule has 2 aromatic rings. The summed E-state index contributed by atoms with van der Waals surface area (Å²) in [5.74, 6) is -1.25. The second kappa shape index (κ2) is 9.25. The monoisotopic (exact) mass is 447 g/mol. The molecule has 10 heteroatoms. The lowest BCUT2D eigenvalue weighted by Gasteiger charge is -2.36. The molecule has 31 heavy (non-hydrogen) atoms. The highest BCUT2D eigenvalue weighted by molar-refractivity contribution is 6.33. The first kappa shape index (κ1) is 21.6. The van der Waals surface area contributed by atoms with Crippen molar-refractivity contribution >= 4 is 29.3 Å². The molecule has 0 radical (unpaired) electrons. The van der Waals surface area contributed by atoms with Gasteiger partial charge in [0.15, 0.2) is 5.69 Å². The van der Waals surface area contributed by atoms with Gasteiger partial charge < -0.3 is 19.6 Å². The molecular formula is C21H26ClN5O4. The maximum absolute atomic E-state index is 12.7. The smallest absolute Gasteiger partial charge is 0.357 e. The van der Waals surface area contributed by atoms with Crippen LogP contribution in [0.2, 0.25) is 5.02 Å². The number of aromatic nitrogens is 2. The maximum atomic E-state index is 12.7. The number of carbonyl (C=O) groups excluding carboxylic acids is 1. The molecule has 1 N–H and O–H groups in total. The fraction of sp³-hybridized carbons (Fsp3) is 0.476. The summed E-state index contributed by atoms with van der Waals surface area (Å²) in [4.78, 5) is 30.2. The Kier molecular flexibility index (Phi) is 6.45. The van der Waals surface area contributed by atoms with Crippen molar-refractivity contribution in [3.63, 3.8) is 0 Å². The van der Waals surface area contributed by atoms with Gasteiger partial charge in [0.25, 0.3) is 0 Å². The molecule has 1 aromatic heterocycles. The number of benzene rings is 1. The molecule has 0 aliphatic carbocycles. The van der Waals surface area contributed by atoms with Crippen molar-refractivity contribution in [2.75, 3.05) is 57.4 Å². The molecule has 0 saturated carbocycles. The molecule has 4 rings (SSSR count). The summed E-state index contributed by atoms with van der Waals surface area (Å²) >= 11 is 5.87. The van der Waals surface area contributed by atoms with Crippen LogP contribution in [-0.4, -0.2) is 89.2 Å². The first-order valence-corrected chi connectivity index (χ1v) is 10.7. The number of aryl methyl sites for hydroxylation is 1. The fourth-order valence-corrected chi connectivity index (χ4v) is 4.38. The molecule has 166 valence electrons. The number of carboxylic acid groups (broad SMARTS) is 1. The topological polar surface area (TPSA) is 91.1 Å². The molecule has 2 saturated heterocycles. The SMILES string of the molecule is Cc1cccc(CN2CCN(C(=O)n3cc(Cl)c(C(=O)O)n3)CC2)c1N1CCOCC1. The third kappa shape index (κ3) is 4.68. The van der Waals surface area contributed by atoms with E-state index in [1.54, 1.807) is 4.90 Å². The zero-order valence-corrected chi connectivity index (χ0v) is 18.2. The third-order valence-electron chi connectivity index (χ3n) is 5.75. The van der Waals surface area contributed by atoms with Gasteiger partial charge in [0.2, 0.25) is 0 Å². The maximum Gasteiger partial charge on any atom is 0.357 e. The molecule has 1 amide bonds. The number of nitrogens with zero attached hydrogens (tertiary/aromatic N) is 5. The van der Waals surface area contributed by atoms with E-state index < -0.39 is 5.97 Å². The molecule has 2 aliphatic heterocycles. The van der Waals surface area contributed by atoms with E-state index in [2.05, 4.69) is 40.0 Å². The van der Waals surface area contributed by atoms with Gasteiger partial charge in [0.05, 0.1) is 24.4 Å². The molecular weight excluding hydrogens is 422 g/mol. The van der Waals surface area contributed by atoms with Crippen LogP contribution in [0.3, 0.4) is 0 Å². The summed E-state index contributed by atoms with van der Waals surface area (Å²) in [6.07, 6.45) is 1.25. The van der Waals surface area contributed by atoms with Gasteiger partial charge in [-0.05, 0) is 18.1 Å². The average molecular weight is 448 g/mol. The third-order valence-corrected chi connectivity index (χ3v) is 6.03. The van der Waals surface area contributed by atoms with Crippen molar-refractivity contribution in [2.24, 2.45) is 0 Å². The number of halogens is 1. The minimum atomic E-state index is -1.25. The van der Waals surface area contributed by atoms with Crippen LogP contribution < -0.4 is 4.90 Å². The van der Waals surface area contributed by atoms with Gasteiger partial charge in [-0.1, -0.05) is 29.8 Å². The van der Waals surface area contributed by atoms with Crippen molar-refractivity contribution in [1.29, 1.82) is 0 Å². The lowest BCUT2D eigenvalue weighted by Crippen LogP contribution is -2.49. The Morgan fingerprint density at radius 1 is 1.13 bits per heavy atom. The van der Waals surface area contributed by atoms with E-state index in [1.807, 2.05) is 0 Å². The van der Waals surface area contributed by atoms with Crippen molar-refractivity contribution in [3.8, 4) is 0 Å². The number of morpholine rings is 1. The van der Waals surface area contributed by atoms with E-state index in [-0.39, 0.29) is 16.7 Å². The zero-order valence-electron chi connectivity index (χ0n) is 17.5. The molecule has 3 heterocycles. The highest BCUT2D eigenvalue weighted by Gasteiger charge is 2.26. The minimum absolute atomic E-state index is 0.0467. The van der Waals surface area contributed by atoms with Gasteiger partial charge in [-0.3, -0.25) is 4.90 Å². The fourth-order valence-electron chi connectivity index (χ4n) is 4.17. The highest BCUT2D eigenvalue weighted by atomic mass is 35.5. The van der Waals surface area contributed by atoms with Crippen LogP contribution in [0, 0.1) is 6.92 Å². The van der Waals surface area contributed by atoms with E-state index in [4.69, 9.17) is 21.4 Å². The highest BCUT2D eigenvalue weighted by Crippen LogP contribution is 2.27. The van der Waals surface area contributed by atoms with E-state index in [0.717, 1.165) is 50.6 Å². The first-order chi connectivity index (χ1) is 14.9. The number of para-hydroxylation sites is 1. The van der Waals surface area contributed by atoms with Crippen molar-refractivity contribution in [3.05, 3.63) is 46.2 Å². The summed E-state index contributed by atoms with van der Waals surface area (Å²) in [5, 5.41) is 12.8. The number of anilines is 1. The molecule has 2 fully saturated rings. The Labute approximate surface area is 185 Å². The normalized spacial score (nSPS) is 17.7. The molecule has 0 bridgehead atoms. The Balaban J connectivity index is 1.40. The van der Waals surface area contributed by atoms with Crippen LogP contribution in [0.4, 0.5) is 10.5 Å². The number of hydrogen-bond donors (Lipinski definition) is 1. The van der Waals surface area contributed by atoms with Crippen LogP contribution in [0.15, 0.2) is 24.4 Å². The number of aromatic carboxylic acids is 1. The first-order valence-electron chi connectivity index (χ1n) is 10.4. The Hall–Kier alpha value is -2.62. The second-order valence-electron chi connectivity index (χ2n) is 7.80. The van der Waals surface area contributed by atoms with Gasteiger partial charge in [-0.25, -0.2) is 9.59 Å². The predicted molar refractivity (Wildman–Crippen MR) is 116 cm³/mol. The lowest BCUT2D eigenvalue weighted by atomic mass is 10.1. The molecule has 2 aliphatic rings. The van der Waals surface area contributed by atoms with Crippen molar-refractivity contribution < 1.29 is 19.4 Å². The number of carbonyl (C=O) groups is 2. The number of rotatable bonds is 4. The van der Waals surface area contributed by atoms with Crippen molar-refractivity contribution in [2.45, 2.75) is 13.5 Å². The van der Waals surface area contributed by atoms with Crippen molar-refractivity contribution in [1.82, 2.24) is 19.6 Å². The van der Waals surface area contributed by atoms with Gasteiger partial charge >= 0.3 is 12.0 Å². The number of ether oxygens (including phenoxy) is 1. The molecule has 0 atom stereocenters. The second-order valence-corrected chi connectivity index (χ2v) is 8.21. The van der Waals surface area contributed by atoms with Gasteiger partial charge in [-0.2, -0.15) is 9.78 Å². The number of amides is 1. The lowest BCUT2D eigenvalue weighted by molar-refractivity contribution is 0.0690. The van der Waals surface area contributed by atoms with Crippen LogP contribution >= 0.6 is 11.6 Å². The zero-order chi connectivity index (χ0) is 22.0. The minimum Gasteiger partial charge on any atom is -0.476 e. The van der Waals surface area contributed by atoms with E-state index >= 15 is 0 Å². The van der Waals surface area contributed by atoms with E-state index in [0.29, 0.717) is 13.1 Å². The van der Waals surface area contributed by atoms with Gasteiger partial charge in [-0.15, -0.1) is 0 Å². The Morgan fingerprint density at radius 2 is 1.84 bits per heavy atom. The molecule has 1 aromatic carbocycles. The molecule has 0 spiro atoms. The standard InChI is InChI=1S/C21H26ClN5O4/c1-15-3-2-4-16(19(15)25-9-11-31-12-10-25)13-24-5-7-26(8-6-24)21(30)27-14-17(22)18(23-27)20(28)29/h2-4,14H,5-13H2,1H3,(H,28,29). The summed E-state index contributed by atoms with van der Waals surface area (Å²) in [7, 11) is 0. The van der Waals surface area contributed by atoms with E-state index in [1.165, 1.54) is 23.0 Å². The number of piperazine rings is 1. The predicted octanol–water partition coefficient (Wildman–Crippen LogP) is 2.17. The Bertz CT molecular complexity index is 965. The average Bonchev–Trinajstić information content (AvgIpc) is 3.16. The summed E-state index contributed by atoms with van der Waals surface area (Å²) in [6.45, 7) is 8.76. The van der Waals surface area contributed by atoms with Crippen LogP contribution in [0.5, 0.6) is 0 Å². The molecule has 0 unspecified atom stereocenters. The van der Waals surface area contributed by atoms with Gasteiger partial charge in [0, 0.05) is 51.5 Å². The molecule has 9 nitrogen and oxygen atoms in total. The number of carboxylic acids is 1. The Morgan fingerprint density at radius 3 is 2.48 bits per heavy atom. The van der Waals surface area contributed by atoms with Crippen LogP contribution in [0.1, 0.15) is 21.6 Å². The van der Waals surface area contributed by atoms with Crippen LogP contribution in [0.25, 0.3) is 0 Å². The summed E-state index contributed by atoms with van der Waals surface area (Å²) < 4.78 is 6.52. The van der Waals surface area contributed by atoms with Gasteiger partial charge in [0.1, 0.15) is 0 Å². The number of hydrogen-bond acceptors (Lipinski definition) is 6. The summed E-state index contributed by atoms with van der Waals surface area (Å²) in [6, 6.07) is 6.05.